The molecule has 2 heterocycles. The van der Waals surface area contributed by atoms with Crippen LogP contribution in [0.3, 0.4) is 0 Å². The number of nitrogens with zero attached hydrogens (tertiary/aromatic N) is 2. The number of hydrogen-bond donors (Lipinski definition) is 1. The third kappa shape index (κ3) is 3.28. The summed E-state index contributed by atoms with van der Waals surface area (Å²) in [4.78, 5) is 13.0. The highest BCUT2D eigenvalue weighted by molar-refractivity contribution is 7.89. The van der Waals surface area contributed by atoms with Crippen LogP contribution in [-0.2, 0) is 10.0 Å². The summed E-state index contributed by atoms with van der Waals surface area (Å²) in [6, 6.07) is 2.34. The quantitative estimate of drug-likeness (QED) is 0.897. The van der Waals surface area contributed by atoms with Crippen LogP contribution in [0.1, 0.15) is 31.3 Å². The first-order chi connectivity index (χ1) is 9.62. The third-order valence-electron chi connectivity index (χ3n) is 3.57. The Morgan fingerprint density at radius 1 is 1.19 bits per heavy atom. The second-order valence-electron chi connectivity index (χ2n) is 5.99. The second kappa shape index (κ2) is 5.43. The van der Waals surface area contributed by atoms with Gasteiger partial charge in [0.2, 0.25) is 10.9 Å². The van der Waals surface area contributed by atoms with Crippen LogP contribution in [-0.4, -0.2) is 60.4 Å². The summed E-state index contributed by atoms with van der Waals surface area (Å²) < 4.78 is 31.0. The van der Waals surface area contributed by atoms with E-state index >= 15 is 0 Å². The minimum Gasteiger partial charge on any atom is -0.475 e. The molecule has 1 saturated heterocycles. The van der Waals surface area contributed by atoms with Gasteiger partial charge in [0.05, 0.1) is 0 Å². The van der Waals surface area contributed by atoms with E-state index in [4.69, 9.17) is 9.52 Å². The summed E-state index contributed by atoms with van der Waals surface area (Å²) in [6.07, 6.45) is 0. The number of aromatic carboxylic acids is 1. The van der Waals surface area contributed by atoms with Gasteiger partial charge in [0.15, 0.2) is 0 Å². The van der Waals surface area contributed by atoms with Gasteiger partial charge in [-0.1, -0.05) is 0 Å². The molecule has 1 N–H and O–H groups in total. The van der Waals surface area contributed by atoms with Crippen molar-refractivity contribution in [2.75, 3.05) is 26.2 Å². The number of sulfonamides is 1. The lowest BCUT2D eigenvalue weighted by Crippen LogP contribution is -2.54. The Balaban J connectivity index is 2.13. The molecule has 0 spiro atoms. The molecule has 118 valence electrons. The molecule has 1 aromatic rings. The normalized spacial score (nSPS) is 18.8. The Kier molecular flexibility index (Phi) is 4.14. The van der Waals surface area contributed by atoms with Crippen molar-refractivity contribution in [2.45, 2.75) is 31.4 Å². The van der Waals surface area contributed by atoms with E-state index in [2.05, 4.69) is 25.7 Å². The van der Waals surface area contributed by atoms with Gasteiger partial charge in [-0.15, -0.1) is 0 Å². The zero-order valence-electron chi connectivity index (χ0n) is 12.4. The van der Waals surface area contributed by atoms with Gasteiger partial charge in [-0.3, -0.25) is 4.90 Å². The molecule has 8 heteroatoms. The summed E-state index contributed by atoms with van der Waals surface area (Å²) in [6.45, 7) is 8.25. The minimum absolute atomic E-state index is 0.00297. The zero-order valence-corrected chi connectivity index (χ0v) is 13.2. The number of carbonyl (C=O) groups is 1. The molecule has 7 nitrogen and oxygen atoms in total. The predicted octanol–water partition coefficient (Wildman–Crippen LogP) is 1.08. The Morgan fingerprint density at radius 2 is 1.76 bits per heavy atom. The molecule has 0 bridgehead atoms. The van der Waals surface area contributed by atoms with Crippen LogP contribution in [0.4, 0.5) is 0 Å². The van der Waals surface area contributed by atoms with Crippen molar-refractivity contribution in [3.8, 4) is 0 Å². The van der Waals surface area contributed by atoms with Crippen LogP contribution in [0, 0.1) is 0 Å². The monoisotopic (exact) mass is 316 g/mol. The van der Waals surface area contributed by atoms with E-state index in [0.717, 1.165) is 6.07 Å². The van der Waals surface area contributed by atoms with Gasteiger partial charge in [-0.05, 0) is 32.9 Å². The molecular weight excluding hydrogens is 296 g/mol. The largest absolute Gasteiger partial charge is 0.475 e. The van der Waals surface area contributed by atoms with Crippen LogP contribution in [0.15, 0.2) is 21.6 Å². The number of rotatable bonds is 3. The maximum absolute atomic E-state index is 12.4. The minimum atomic E-state index is -3.77. The van der Waals surface area contributed by atoms with Crippen LogP contribution in [0.2, 0.25) is 0 Å². The molecule has 0 aromatic carbocycles. The molecule has 1 aromatic heterocycles. The van der Waals surface area contributed by atoms with Crippen LogP contribution < -0.4 is 0 Å². The van der Waals surface area contributed by atoms with Crippen molar-refractivity contribution in [1.82, 2.24) is 9.21 Å². The van der Waals surface area contributed by atoms with E-state index in [9.17, 15) is 13.2 Å². The summed E-state index contributed by atoms with van der Waals surface area (Å²) in [5.41, 5.74) is -0.00297. The van der Waals surface area contributed by atoms with Gasteiger partial charge < -0.3 is 9.52 Å². The molecule has 1 fully saturated rings. The molecular formula is C13H20N2O5S. The number of carboxylic acid groups (broad SMARTS) is 1. The third-order valence-corrected chi connectivity index (χ3v) is 5.35. The Bertz CT molecular complexity index is 621. The Labute approximate surface area is 124 Å². The highest BCUT2D eigenvalue weighted by atomic mass is 32.2. The van der Waals surface area contributed by atoms with E-state index in [1.807, 2.05) is 0 Å². The number of piperazine rings is 1. The van der Waals surface area contributed by atoms with Crippen LogP contribution in [0.5, 0.6) is 0 Å². The topological polar surface area (TPSA) is 91.1 Å². The fraction of sp³-hybridized carbons (Fsp3) is 0.615. The fourth-order valence-corrected chi connectivity index (χ4v) is 3.63. The standard InChI is InChI=1S/C13H20N2O5S/c1-13(2,3)14-6-8-15(9-7-14)21(18,19)11-5-4-10(20-11)12(16)17/h4-5H,6-9H2,1-3H3,(H,16,17). The van der Waals surface area contributed by atoms with Gasteiger partial charge in [0.25, 0.3) is 10.0 Å². The second-order valence-corrected chi connectivity index (χ2v) is 7.85. The Morgan fingerprint density at radius 3 is 2.19 bits per heavy atom. The molecule has 0 amide bonds. The molecule has 0 unspecified atom stereocenters. The summed E-state index contributed by atoms with van der Waals surface area (Å²) in [7, 11) is -3.77. The van der Waals surface area contributed by atoms with Gasteiger partial charge in [0.1, 0.15) is 0 Å². The average Bonchev–Trinajstić information content (AvgIpc) is 2.88. The molecule has 0 saturated carbocycles. The van der Waals surface area contributed by atoms with Crippen molar-refractivity contribution in [3.05, 3.63) is 17.9 Å². The lowest BCUT2D eigenvalue weighted by Gasteiger charge is -2.41. The molecule has 21 heavy (non-hydrogen) atoms. The van der Waals surface area contributed by atoms with Crippen LogP contribution >= 0.6 is 0 Å². The molecule has 0 radical (unpaired) electrons. The molecule has 0 atom stereocenters. The van der Waals surface area contributed by atoms with Gasteiger partial charge >= 0.3 is 5.97 Å². The van der Waals surface area contributed by atoms with Crippen molar-refractivity contribution in [3.63, 3.8) is 0 Å². The number of hydrogen-bond acceptors (Lipinski definition) is 5. The number of carboxylic acids is 1. The molecule has 1 aliphatic rings. The van der Waals surface area contributed by atoms with Crippen molar-refractivity contribution in [2.24, 2.45) is 0 Å². The fourth-order valence-electron chi connectivity index (χ4n) is 2.30. The van der Waals surface area contributed by atoms with Gasteiger partial charge in [0, 0.05) is 31.7 Å². The van der Waals surface area contributed by atoms with E-state index in [-0.39, 0.29) is 16.4 Å². The van der Waals surface area contributed by atoms with E-state index in [0.29, 0.717) is 26.2 Å². The van der Waals surface area contributed by atoms with E-state index in [1.165, 1.54) is 10.4 Å². The van der Waals surface area contributed by atoms with E-state index < -0.39 is 16.0 Å². The number of furan rings is 1. The smallest absolute Gasteiger partial charge is 0.371 e. The van der Waals surface area contributed by atoms with Crippen molar-refractivity contribution >= 4 is 16.0 Å². The van der Waals surface area contributed by atoms with Gasteiger partial charge in [-0.25, -0.2) is 13.2 Å². The summed E-state index contributed by atoms with van der Waals surface area (Å²) in [5, 5.41) is 8.47. The van der Waals surface area contributed by atoms with Crippen LogP contribution in [0.25, 0.3) is 0 Å². The maximum atomic E-state index is 12.4. The van der Waals surface area contributed by atoms with Crippen molar-refractivity contribution < 1.29 is 22.7 Å². The van der Waals surface area contributed by atoms with Crippen molar-refractivity contribution in [1.29, 1.82) is 0 Å². The summed E-state index contributed by atoms with van der Waals surface area (Å²) >= 11 is 0. The molecule has 2 rings (SSSR count). The highest BCUT2D eigenvalue weighted by Crippen LogP contribution is 2.22. The van der Waals surface area contributed by atoms with Gasteiger partial charge in [-0.2, -0.15) is 4.31 Å². The first kappa shape index (κ1) is 16.0. The lowest BCUT2D eigenvalue weighted by atomic mass is 10.1. The average molecular weight is 316 g/mol. The van der Waals surface area contributed by atoms with E-state index in [1.54, 1.807) is 0 Å². The highest BCUT2D eigenvalue weighted by Gasteiger charge is 2.34. The lowest BCUT2D eigenvalue weighted by molar-refractivity contribution is 0.0655. The summed E-state index contributed by atoms with van der Waals surface area (Å²) in [5.74, 6) is -1.66. The molecule has 1 aliphatic heterocycles. The predicted molar refractivity (Wildman–Crippen MR) is 75.8 cm³/mol. The SMILES string of the molecule is CC(C)(C)N1CCN(S(=O)(=O)c2ccc(C(=O)O)o2)CC1. The first-order valence-corrected chi connectivity index (χ1v) is 8.15. The first-order valence-electron chi connectivity index (χ1n) is 6.71. The molecule has 0 aliphatic carbocycles. The maximum Gasteiger partial charge on any atom is 0.371 e. The Hall–Kier alpha value is -1.38. The zero-order chi connectivity index (χ0) is 15.8.